The summed E-state index contributed by atoms with van der Waals surface area (Å²) >= 11 is 8.08. The second-order valence-electron chi connectivity index (χ2n) is 4.69. The van der Waals surface area contributed by atoms with Crippen LogP contribution in [0.1, 0.15) is 10.4 Å². The molecule has 0 bridgehead atoms. The Kier molecular flexibility index (Phi) is 5.30. The van der Waals surface area contributed by atoms with E-state index in [-0.39, 0.29) is 5.78 Å². The van der Waals surface area contributed by atoms with Crippen LogP contribution in [0.15, 0.2) is 62.6 Å². The van der Waals surface area contributed by atoms with E-state index in [9.17, 15) is 4.79 Å². The molecule has 116 valence electrons. The fourth-order valence-corrected chi connectivity index (χ4v) is 3.12. The molecule has 3 rings (SSSR count). The van der Waals surface area contributed by atoms with Gasteiger partial charge in [0.2, 0.25) is 5.16 Å². The van der Waals surface area contributed by atoms with Gasteiger partial charge in [-0.3, -0.25) is 9.89 Å². The molecule has 2 aromatic carbocycles. The number of thioether (sulfide) groups is 1. The lowest BCUT2D eigenvalue weighted by molar-refractivity contribution is 0.102. The van der Waals surface area contributed by atoms with Crippen LogP contribution in [0.5, 0.6) is 0 Å². The Morgan fingerprint density at radius 3 is 2.26 bits per heavy atom. The van der Waals surface area contributed by atoms with Crippen molar-refractivity contribution in [1.29, 1.82) is 0 Å². The number of nitrogens with zero attached hydrogens (tertiary/aromatic N) is 2. The van der Waals surface area contributed by atoms with E-state index in [1.54, 1.807) is 12.1 Å². The molecule has 0 radical (unpaired) electrons. The summed E-state index contributed by atoms with van der Waals surface area (Å²) in [6.07, 6.45) is 0. The van der Waals surface area contributed by atoms with Gasteiger partial charge in [-0.2, -0.15) is 0 Å². The molecule has 1 N–H and O–H groups in total. The van der Waals surface area contributed by atoms with Crippen LogP contribution in [0.25, 0.3) is 11.4 Å². The Labute approximate surface area is 154 Å². The zero-order chi connectivity index (χ0) is 16.2. The van der Waals surface area contributed by atoms with Gasteiger partial charge >= 0.3 is 0 Å². The van der Waals surface area contributed by atoms with Crippen molar-refractivity contribution in [2.75, 3.05) is 5.75 Å². The number of carbonyl (C=O) groups excluding carboxylic acids is 1. The summed E-state index contributed by atoms with van der Waals surface area (Å²) in [6.45, 7) is 0. The van der Waals surface area contributed by atoms with Gasteiger partial charge in [0, 0.05) is 20.1 Å². The number of aromatic amines is 1. The minimum absolute atomic E-state index is 0.0532. The van der Waals surface area contributed by atoms with Crippen molar-refractivity contribution >= 4 is 49.4 Å². The summed E-state index contributed by atoms with van der Waals surface area (Å²) in [4.78, 5) is 16.5. The van der Waals surface area contributed by atoms with E-state index in [4.69, 9.17) is 0 Å². The van der Waals surface area contributed by atoms with Gasteiger partial charge in [0.1, 0.15) is 0 Å². The summed E-state index contributed by atoms with van der Waals surface area (Å²) < 4.78 is 1.96. The zero-order valence-corrected chi connectivity index (χ0v) is 15.8. The van der Waals surface area contributed by atoms with Gasteiger partial charge in [0.25, 0.3) is 0 Å². The van der Waals surface area contributed by atoms with E-state index in [1.807, 2.05) is 36.4 Å². The quantitative estimate of drug-likeness (QED) is 0.438. The van der Waals surface area contributed by atoms with Crippen LogP contribution in [0.2, 0.25) is 0 Å². The Balaban J connectivity index is 1.64. The van der Waals surface area contributed by atoms with E-state index in [0.29, 0.717) is 22.3 Å². The molecule has 0 aliphatic heterocycles. The highest BCUT2D eigenvalue weighted by molar-refractivity contribution is 9.10. The topological polar surface area (TPSA) is 58.6 Å². The number of hydrogen-bond acceptors (Lipinski definition) is 4. The van der Waals surface area contributed by atoms with E-state index in [1.165, 1.54) is 11.8 Å². The number of ketones is 1. The maximum absolute atomic E-state index is 12.1. The van der Waals surface area contributed by atoms with Gasteiger partial charge in [0.15, 0.2) is 11.6 Å². The van der Waals surface area contributed by atoms with E-state index < -0.39 is 0 Å². The van der Waals surface area contributed by atoms with Crippen LogP contribution in [0.4, 0.5) is 0 Å². The van der Waals surface area contributed by atoms with Crippen molar-refractivity contribution in [3.63, 3.8) is 0 Å². The van der Waals surface area contributed by atoms with Crippen LogP contribution in [-0.4, -0.2) is 26.7 Å². The Bertz CT molecular complexity index is 816. The second-order valence-corrected chi connectivity index (χ2v) is 7.47. The molecule has 0 spiro atoms. The minimum Gasteiger partial charge on any atom is -0.293 e. The van der Waals surface area contributed by atoms with Crippen molar-refractivity contribution < 1.29 is 4.79 Å². The Morgan fingerprint density at radius 2 is 1.61 bits per heavy atom. The molecular weight excluding hydrogens is 442 g/mol. The number of rotatable bonds is 5. The first-order valence-electron chi connectivity index (χ1n) is 6.72. The number of H-pyrrole nitrogens is 1. The number of carbonyl (C=O) groups is 1. The fraction of sp³-hybridized carbons (Fsp3) is 0.0625. The number of aromatic nitrogens is 3. The van der Waals surface area contributed by atoms with Crippen molar-refractivity contribution in [3.05, 3.63) is 63.0 Å². The molecule has 1 heterocycles. The SMILES string of the molecule is O=C(CSc1n[nH]c(-c2ccc(Br)cc2)n1)c1ccc(Br)cc1. The third kappa shape index (κ3) is 4.31. The smallest absolute Gasteiger partial charge is 0.209 e. The molecule has 0 aliphatic rings. The van der Waals surface area contributed by atoms with Crippen LogP contribution in [0.3, 0.4) is 0 Å². The van der Waals surface area contributed by atoms with Crippen molar-refractivity contribution in [1.82, 2.24) is 15.2 Å². The lowest BCUT2D eigenvalue weighted by Gasteiger charge is -1.99. The summed E-state index contributed by atoms with van der Waals surface area (Å²) in [5, 5.41) is 7.61. The summed E-state index contributed by atoms with van der Waals surface area (Å²) in [7, 11) is 0. The maximum Gasteiger partial charge on any atom is 0.209 e. The Morgan fingerprint density at radius 1 is 1.00 bits per heavy atom. The highest BCUT2D eigenvalue weighted by atomic mass is 79.9. The number of halogens is 2. The van der Waals surface area contributed by atoms with Gasteiger partial charge in [-0.15, -0.1) is 5.10 Å². The minimum atomic E-state index is 0.0532. The van der Waals surface area contributed by atoms with Gasteiger partial charge in [-0.1, -0.05) is 67.9 Å². The molecule has 0 amide bonds. The third-order valence-corrected chi connectivity index (χ3v) is 4.99. The number of benzene rings is 2. The van der Waals surface area contributed by atoms with Crippen LogP contribution in [0, 0.1) is 0 Å². The van der Waals surface area contributed by atoms with Crippen LogP contribution < -0.4 is 0 Å². The maximum atomic E-state index is 12.1. The number of Topliss-reactive ketones (excluding diaryl/α,β-unsaturated/α-hetero) is 1. The molecule has 0 aliphatic carbocycles. The second kappa shape index (κ2) is 7.42. The third-order valence-electron chi connectivity index (χ3n) is 3.08. The average molecular weight is 453 g/mol. The molecule has 0 unspecified atom stereocenters. The van der Waals surface area contributed by atoms with Crippen molar-refractivity contribution in [3.8, 4) is 11.4 Å². The first-order valence-corrected chi connectivity index (χ1v) is 9.29. The van der Waals surface area contributed by atoms with Crippen molar-refractivity contribution in [2.24, 2.45) is 0 Å². The highest BCUT2D eigenvalue weighted by Crippen LogP contribution is 2.22. The molecule has 4 nitrogen and oxygen atoms in total. The van der Waals surface area contributed by atoms with Gasteiger partial charge in [-0.25, -0.2) is 4.98 Å². The van der Waals surface area contributed by atoms with Gasteiger partial charge in [-0.05, 0) is 24.3 Å². The summed E-state index contributed by atoms with van der Waals surface area (Å²) in [5.74, 6) is 1.05. The highest BCUT2D eigenvalue weighted by Gasteiger charge is 2.10. The fourth-order valence-electron chi connectivity index (χ4n) is 1.90. The van der Waals surface area contributed by atoms with Crippen LogP contribution in [-0.2, 0) is 0 Å². The molecule has 1 aromatic heterocycles. The van der Waals surface area contributed by atoms with Crippen LogP contribution >= 0.6 is 43.6 Å². The number of nitrogens with one attached hydrogen (secondary N) is 1. The predicted octanol–water partition coefficient (Wildman–Crippen LogP) is 4.97. The predicted molar refractivity (Wildman–Crippen MR) is 98.7 cm³/mol. The summed E-state index contributed by atoms with van der Waals surface area (Å²) in [5.41, 5.74) is 1.64. The lowest BCUT2D eigenvalue weighted by atomic mass is 10.2. The first kappa shape index (κ1) is 16.4. The molecule has 3 aromatic rings. The van der Waals surface area contributed by atoms with Gasteiger partial charge < -0.3 is 0 Å². The van der Waals surface area contributed by atoms with E-state index in [2.05, 4.69) is 47.0 Å². The van der Waals surface area contributed by atoms with E-state index >= 15 is 0 Å². The molecule has 7 heteroatoms. The lowest BCUT2D eigenvalue weighted by Crippen LogP contribution is -2.02. The standard InChI is InChI=1S/C16H11Br2N3OS/c17-12-5-1-10(2-6-12)14(22)9-23-16-19-15(20-21-16)11-3-7-13(18)8-4-11/h1-8H,9H2,(H,19,20,21). The molecule has 0 saturated carbocycles. The average Bonchev–Trinajstić information content (AvgIpc) is 3.03. The Hall–Kier alpha value is -1.44. The number of hydrogen-bond donors (Lipinski definition) is 1. The summed E-state index contributed by atoms with van der Waals surface area (Å²) in [6, 6.07) is 15.1. The zero-order valence-electron chi connectivity index (χ0n) is 11.8. The van der Waals surface area contributed by atoms with E-state index in [0.717, 1.165) is 14.5 Å². The monoisotopic (exact) mass is 451 g/mol. The molecular formula is C16H11Br2N3OS. The molecule has 23 heavy (non-hydrogen) atoms. The molecule has 0 atom stereocenters. The normalized spacial score (nSPS) is 10.7. The molecule has 0 fully saturated rings. The van der Waals surface area contributed by atoms with Gasteiger partial charge in [0.05, 0.1) is 5.75 Å². The largest absolute Gasteiger partial charge is 0.293 e. The van der Waals surface area contributed by atoms with Crippen molar-refractivity contribution in [2.45, 2.75) is 5.16 Å². The molecule has 0 saturated heterocycles. The first-order chi connectivity index (χ1) is 11.1.